The van der Waals surface area contributed by atoms with E-state index in [-0.39, 0.29) is 5.54 Å². The molecule has 0 aromatic heterocycles. The Morgan fingerprint density at radius 2 is 2.00 bits per heavy atom. The molecule has 2 N–H and O–H groups in total. The van der Waals surface area contributed by atoms with Gasteiger partial charge in [-0.25, -0.2) is 0 Å². The van der Waals surface area contributed by atoms with Gasteiger partial charge in [-0.15, -0.1) is 0 Å². The Hall–Kier alpha value is -0.930. The first-order valence-electron chi connectivity index (χ1n) is 5.69. The van der Waals surface area contributed by atoms with Gasteiger partial charge in [-0.3, -0.25) is 0 Å². The molecule has 0 heterocycles. The fraction of sp³-hybridized carbons (Fsp3) is 0.538. The maximum Gasteiger partial charge on any atom is 0.179 e. The molecule has 3 nitrogen and oxygen atoms in total. The highest BCUT2D eigenvalue weighted by Gasteiger charge is 2.39. The molecule has 1 aromatic rings. The Morgan fingerprint density at radius 3 is 2.47 bits per heavy atom. The summed E-state index contributed by atoms with van der Waals surface area (Å²) in [6.45, 7) is 2.02. The van der Waals surface area contributed by atoms with Gasteiger partial charge in [-0.2, -0.15) is 0 Å². The van der Waals surface area contributed by atoms with Crippen LogP contribution in [0, 0.1) is 6.92 Å². The smallest absolute Gasteiger partial charge is 0.179 e. The summed E-state index contributed by atoms with van der Waals surface area (Å²) in [4.78, 5) is 0. The van der Waals surface area contributed by atoms with Crippen molar-refractivity contribution in [3.63, 3.8) is 0 Å². The van der Waals surface area contributed by atoms with E-state index in [2.05, 4.69) is 0 Å². The number of hydrogen-bond donors (Lipinski definition) is 1. The van der Waals surface area contributed by atoms with Crippen LogP contribution in [0.1, 0.15) is 24.0 Å². The van der Waals surface area contributed by atoms with Gasteiger partial charge >= 0.3 is 0 Å². The number of ether oxygens (including phenoxy) is 2. The lowest BCUT2D eigenvalue weighted by Gasteiger charge is -2.18. The third-order valence-corrected chi connectivity index (χ3v) is 3.76. The molecule has 0 aliphatic heterocycles. The van der Waals surface area contributed by atoms with E-state index in [9.17, 15) is 0 Å². The van der Waals surface area contributed by atoms with Gasteiger partial charge in [0.25, 0.3) is 0 Å². The number of benzene rings is 1. The Balaban J connectivity index is 2.44. The van der Waals surface area contributed by atoms with Crippen LogP contribution in [0.15, 0.2) is 6.07 Å². The van der Waals surface area contributed by atoms with E-state index < -0.39 is 0 Å². The molecule has 1 aliphatic carbocycles. The highest BCUT2D eigenvalue weighted by molar-refractivity contribution is 6.33. The van der Waals surface area contributed by atoms with Gasteiger partial charge in [0.1, 0.15) is 0 Å². The normalized spacial score (nSPS) is 16.8. The third kappa shape index (κ3) is 2.35. The second-order valence-electron chi connectivity index (χ2n) is 4.76. The van der Waals surface area contributed by atoms with Crippen LogP contribution in [0.2, 0.25) is 5.02 Å². The summed E-state index contributed by atoms with van der Waals surface area (Å²) in [7, 11) is 3.21. The highest BCUT2D eigenvalue weighted by Crippen LogP contribution is 2.44. The SMILES string of the molecule is COc1cc(C)c(CC2(N)CC2)c(Cl)c1OC. The lowest BCUT2D eigenvalue weighted by atomic mass is 9.99. The molecular formula is C13H18ClNO2. The summed E-state index contributed by atoms with van der Waals surface area (Å²) in [5, 5.41) is 0.626. The van der Waals surface area contributed by atoms with Crippen LogP contribution in [0.25, 0.3) is 0 Å². The van der Waals surface area contributed by atoms with Crippen molar-refractivity contribution in [3.05, 3.63) is 22.2 Å². The molecule has 1 aliphatic rings. The predicted octanol–water partition coefficient (Wildman–Crippen LogP) is 2.70. The molecule has 1 saturated carbocycles. The summed E-state index contributed by atoms with van der Waals surface area (Å²) in [5.74, 6) is 1.26. The third-order valence-electron chi connectivity index (χ3n) is 3.36. The minimum atomic E-state index is -0.0615. The van der Waals surface area contributed by atoms with Crippen molar-refractivity contribution in [2.75, 3.05) is 14.2 Å². The molecule has 0 amide bonds. The van der Waals surface area contributed by atoms with Crippen LogP contribution in [0.4, 0.5) is 0 Å². The van der Waals surface area contributed by atoms with Gasteiger partial charge in [0.15, 0.2) is 11.5 Å². The molecule has 0 unspecified atom stereocenters. The van der Waals surface area contributed by atoms with Gasteiger partial charge in [0, 0.05) is 5.54 Å². The molecule has 0 bridgehead atoms. The number of halogens is 1. The second kappa shape index (κ2) is 4.39. The average Bonchev–Trinajstić information content (AvgIpc) is 3.02. The van der Waals surface area contributed by atoms with Crippen LogP contribution in [-0.4, -0.2) is 19.8 Å². The molecule has 0 spiro atoms. The summed E-state index contributed by atoms with van der Waals surface area (Å²) in [5.41, 5.74) is 8.26. The average molecular weight is 256 g/mol. The van der Waals surface area contributed by atoms with Crippen LogP contribution in [-0.2, 0) is 6.42 Å². The Morgan fingerprint density at radius 1 is 1.35 bits per heavy atom. The first-order valence-corrected chi connectivity index (χ1v) is 6.07. The van der Waals surface area contributed by atoms with Crippen LogP contribution >= 0.6 is 11.6 Å². The van der Waals surface area contributed by atoms with Crippen molar-refractivity contribution in [2.45, 2.75) is 31.7 Å². The lowest BCUT2D eigenvalue weighted by Crippen LogP contribution is -2.25. The van der Waals surface area contributed by atoms with Crippen molar-refractivity contribution in [2.24, 2.45) is 5.73 Å². The van der Waals surface area contributed by atoms with E-state index in [4.69, 9.17) is 26.8 Å². The largest absolute Gasteiger partial charge is 0.493 e. The Labute approximate surface area is 107 Å². The van der Waals surface area contributed by atoms with E-state index in [0.29, 0.717) is 16.5 Å². The summed E-state index contributed by atoms with van der Waals surface area (Å²) < 4.78 is 10.6. The first-order chi connectivity index (χ1) is 8.00. The molecule has 94 valence electrons. The zero-order valence-electron chi connectivity index (χ0n) is 10.5. The number of methoxy groups -OCH3 is 2. The minimum Gasteiger partial charge on any atom is -0.493 e. The van der Waals surface area contributed by atoms with Crippen LogP contribution < -0.4 is 15.2 Å². The van der Waals surface area contributed by atoms with Crippen molar-refractivity contribution in [1.29, 1.82) is 0 Å². The van der Waals surface area contributed by atoms with E-state index in [1.165, 1.54) is 0 Å². The number of hydrogen-bond acceptors (Lipinski definition) is 3. The fourth-order valence-electron chi connectivity index (χ4n) is 2.02. The molecule has 0 saturated heterocycles. The van der Waals surface area contributed by atoms with E-state index in [1.807, 2.05) is 13.0 Å². The highest BCUT2D eigenvalue weighted by atomic mass is 35.5. The first kappa shape index (κ1) is 12.5. The molecule has 17 heavy (non-hydrogen) atoms. The maximum atomic E-state index is 6.37. The Kier molecular flexibility index (Phi) is 3.23. The molecule has 4 heteroatoms. The summed E-state index contributed by atoms with van der Waals surface area (Å²) in [6.07, 6.45) is 2.94. The number of aryl methyl sites for hydroxylation is 1. The van der Waals surface area contributed by atoms with Gasteiger partial charge in [-0.1, -0.05) is 11.6 Å². The van der Waals surface area contributed by atoms with Gasteiger partial charge < -0.3 is 15.2 Å². The quantitative estimate of drug-likeness (QED) is 0.900. The summed E-state index contributed by atoms with van der Waals surface area (Å²) >= 11 is 6.37. The minimum absolute atomic E-state index is 0.0615. The topological polar surface area (TPSA) is 44.5 Å². The van der Waals surface area contributed by atoms with E-state index >= 15 is 0 Å². The molecular weight excluding hydrogens is 238 g/mol. The molecule has 1 fully saturated rings. The predicted molar refractivity (Wildman–Crippen MR) is 69.1 cm³/mol. The number of rotatable bonds is 4. The standard InChI is InChI=1S/C13H18ClNO2/c1-8-6-10(16-2)12(17-3)11(14)9(8)7-13(15)4-5-13/h6H,4-5,7,15H2,1-3H3. The van der Waals surface area contributed by atoms with Crippen molar-refractivity contribution >= 4 is 11.6 Å². The van der Waals surface area contributed by atoms with E-state index in [1.54, 1.807) is 14.2 Å². The van der Waals surface area contributed by atoms with Gasteiger partial charge in [0.2, 0.25) is 0 Å². The zero-order chi connectivity index (χ0) is 12.6. The molecule has 2 rings (SSSR count). The number of nitrogens with two attached hydrogens (primary N) is 1. The lowest BCUT2D eigenvalue weighted by molar-refractivity contribution is 0.354. The zero-order valence-corrected chi connectivity index (χ0v) is 11.2. The summed E-state index contributed by atoms with van der Waals surface area (Å²) in [6, 6.07) is 1.95. The van der Waals surface area contributed by atoms with Crippen LogP contribution in [0.5, 0.6) is 11.5 Å². The van der Waals surface area contributed by atoms with Crippen molar-refractivity contribution in [1.82, 2.24) is 0 Å². The van der Waals surface area contributed by atoms with Crippen LogP contribution in [0.3, 0.4) is 0 Å². The molecule has 0 radical (unpaired) electrons. The fourth-order valence-corrected chi connectivity index (χ4v) is 2.40. The molecule has 1 aromatic carbocycles. The van der Waals surface area contributed by atoms with Gasteiger partial charge in [-0.05, 0) is 43.4 Å². The van der Waals surface area contributed by atoms with E-state index in [0.717, 1.165) is 30.4 Å². The monoisotopic (exact) mass is 255 g/mol. The maximum absolute atomic E-state index is 6.37. The Bertz CT molecular complexity index is 442. The van der Waals surface area contributed by atoms with Crippen molar-refractivity contribution in [3.8, 4) is 11.5 Å². The second-order valence-corrected chi connectivity index (χ2v) is 5.14. The van der Waals surface area contributed by atoms with Crippen molar-refractivity contribution < 1.29 is 9.47 Å². The molecule has 0 atom stereocenters. The van der Waals surface area contributed by atoms with Gasteiger partial charge in [0.05, 0.1) is 19.2 Å².